The lowest BCUT2D eigenvalue weighted by Crippen LogP contribution is -2.50. The summed E-state index contributed by atoms with van der Waals surface area (Å²) in [5.41, 5.74) is 0.0992. The maximum absolute atomic E-state index is 12.5. The standard InChI is InChI=1S/C16H23NO8/c1-17(7-11(19)13(21)14(22)12(20)8-18)15(23)9-5-3-4-6-10(9)16(24)25-2/h3-6,11-14,18-22H,7-8H2,1-2H3. The van der Waals surface area contributed by atoms with E-state index in [1.807, 2.05) is 0 Å². The molecule has 1 rings (SSSR count). The molecule has 0 aliphatic rings. The van der Waals surface area contributed by atoms with E-state index in [2.05, 4.69) is 4.74 Å². The normalized spacial score (nSPS) is 15.8. The summed E-state index contributed by atoms with van der Waals surface area (Å²) in [6.07, 6.45) is -6.79. The third kappa shape index (κ3) is 5.21. The molecule has 0 radical (unpaired) electrons. The van der Waals surface area contributed by atoms with Gasteiger partial charge in [0, 0.05) is 13.6 Å². The summed E-state index contributed by atoms with van der Waals surface area (Å²) in [5, 5.41) is 47.3. The van der Waals surface area contributed by atoms with Crippen LogP contribution in [0.2, 0.25) is 0 Å². The maximum Gasteiger partial charge on any atom is 0.338 e. The number of esters is 1. The second kappa shape index (κ2) is 9.44. The van der Waals surface area contributed by atoms with Crippen molar-refractivity contribution in [2.24, 2.45) is 0 Å². The van der Waals surface area contributed by atoms with E-state index in [4.69, 9.17) is 5.11 Å². The maximum atomic E-state index is 12.5. The fourth-order valence-electron chi connectivity index (χ4n) is 2.20. The van der Waals surface area contributed by atoms with Crippen molar-refractivity contribution in [1.82, 2.24) is 4.90 Å². The van der Waals surface area contributed by atoms with Gasteiger partial charge in [-0.3, -0.25) is 4.79 Å². The molecule has 1 aromatic carbocycles. The quantitative estimate of drug-likeness (QED) is 0.335. The molecule has 4 atom stereocenters. The molecule has 0 heterocycles. The van der Waals surface area contributed by atoms with Crippen LogP contribution >= 0.6 is 0 Å². The number of aliphatic hydroxyl groups excluding tert-OH is 5. The number of aliphatic hydroxyl groups is 5. The Hall–Kier alpha value is -2.04. The van der Waals surface area contributed by atoms with Crippen LogP contribution in [0.3, 0.4) is 0 Å². The molecule has 0 bridgehead atoms. The molecular formula is C16H23NO8. The largest absolute Gasteiger partial charge is 0.465 e. The summed E-state index contributed by atoms with van der Waals surface area (Å²) < 4.78 is 4.61. The number of carbonyl (C=O) groups is 2. The Kier molecular flexibility index (Phi) is 7.94. The topological polar surface area (TPSA) is 148 Å². The average Bonchev–Trinajstić information content (AvgIpc) is 2.64. The van der Waals surface area contributed by atoms with Crippen LogP contribution in [0.1, 0.15) is 20.7 Å². The van der Waals surface area contributed by atoms with E-state index < -0.39 is 42.9 Å². The van der Waals surface area contributed by atoms with Gasteiger partial charge < -0.3 is 35.2 Å². The zero-order valence-corrected chi connectivity index (χ0v) is 13.9. The Morgan fingerprint density at radius 3 is 2.08 bits per heavy atom. The first-order chi connectivity index (χ1) is 11.7. The number of hydrogen-bond acceptors (Lipinski definition) is 8. The molecule has 0 aromatic heterocycles. The van der Waals surface area contributed by atoms with E-state index in [0.29, 0.717) is 0 Å². The lowest BCUT2D eigenvalue weighted by molar-refractivity contribution is -0.117. The van der Waals surface area contributed by atoms with Crippen LogP contribution in [-0.2, 0) is 4.74 Å². The zero-order valence-electron chi connectivity index (χ0n) is 13.9. The zero-order chi connectivity index (χ0) is 19.1. The Morgan fingerprint density at radius 1 is 1.04 bits per heavy atom. The molecule has 5 N–H and O–H groups in total. The number of ether oxygens (including phenoxy) is 1. The van der Waals surface area contributed by atoms with Gasteiger partial charge in [-0.05, 0) is 12.1 Å². The average molecular weight is 357 g/mol. The van der Waals surface area contributed by atoms with Crippen molar-refractivity contribution in [3.8, 4) is 0 Å². The number of likely N-dealkylation sites (N-methyl/N-ethyl adjacent to an activating group) is 1. The molecule has 140 valence electrons. The van der Waals surface area contributed by atoms with E-state index in [1.165, 1.54) is 26.3 Å². The smallest absolute Gasteiger partial charge is 0.338 e. The van der Waals surface area contributed by atoms with E-state index in [-0.39, 0.29) is 17.7 Å². The van der Waals surface area contributed by atoms with E-state index in [0.717, 1.165) is 4.90 Å². The number of rotatable bonds is 8. The number of methoxy groups -OCH3 is 1. The lowest BCUT2D eigenvalue weighted by Gasteiger charge is -2.28. The van der Waals surface area contributed by atoms with Crippen molar-refractivity contribution < 1.29 is 39.9 Å². The number of carbonyl (C=O) groups excluding carboxylic acids is 2. The number of nitrogens with zero attached hydrogens (tertiary/aromatic N) is 1. The summed E-state index contributed by atoms with van der Waals surface area (Å²) >= 11 is 0. The highest BCUT2D eigenvalue weighted by atomic mass is 16.5. The van der Waals surface area contributed by atoms with Crippen LogP contribution in [0.4, 0.5) is 0 Å². The number of hydrogen-bond donors (Lipinski definition) is 5. The van der Waals surface area contributed by atoms with Gasteiger partial charge in [-0.25, -0.2) is 4.79 Å². The first-order valence-corrected chi connectivity index (χ1v) is 7.50. The second-order valence-corrected chi connectivity index (χ2v) is 5.52. The molecule has 0 spiro atoms. The Balaban J connectivity index is 2.86. The van der Waals surface area contributed by atoms with Gasteiger partial charge in [-0.1, -0.05) is 12.1 Å². The summed E-state index contributed by atoms with van der Waals surface area (Å²) in [6, 6.07) is 5.95. The fourth-order valence-corrected chi connectivity index (χ4v) is 2.20. The van der Waals surface area contributed by atoms with Gasteiger partial charge in [0.1, 0.15) is 24.4 Å². The van der Waals surface area contributed by atoms with Crippen molar-refractivity contribution in [2.45, 2.75) is 24.4 Å². The first kappa shape index (κ1) is 21.0. The van der Waals surface area contributed by atoms with Crippen molar-refractivity contribution in [2.75, 3.05) is 27.3 Å². The van der Waals surface area contributed by atoms with Crippen LogP contribution < -0.4 is 0 Å². The molecule has 25 heavy (non-hydrogen) atoms. The highest BCUT2D eigenvalue weighted by Crippen LogP contribution is 2.14. The van der Waals surface area contributed by atoms with Gasteiger partial charge in [0.25, 0.3) is 5.91 Å². The predicted octanol–water partition coefficient (Wildman–Crippen LogP) is -2.02. The molecule has 1 aromatic rings. The van der Waals surface area contributed by atoms with Crippen LogP contribution in [-0.4, -0.2) is 94.0 Å². The van der Waals surface area contributed by atoms with Gasteiger partial charge in [0.05, 0.1) is 24.8 Å². The van der Waals surface area contributed by atoms with E-state index >= 15 is 0 Å². The van der Waals surface area contributed by atoms with Crippen LogP contribution in [0, 0.1) is 0 Å². The summed E-state index contributed by atoms with van der Waals surface area (Å²) in [5.74, 6) is -1.30. The van der Waals surface area contributed by atoms with Crippen molar-refractivity contribution >= 4 is 11.9 Å². The molecule has 0 aliphatic heterocycles. The summed E-state index contributed by atoms with van der Waals surface area (Å²) in [4.78, 5) is 25.2. The van der Waals surface area contributed by atoms with Gasteiger partial charge in [-0.2, -0.15) is 0 Å². The molecule has 0 saturated carbocycles. The molecular weight excluding hydrogens is 334 g/mol. The Morgan fingerprint density at radius 2 is 1.56 bits per heavy atom. The third-order valence-electron chi connectivity index (χ3n) is 3.70. The minimum atomic E-state index is -1.79. The minimum absolute atomic E-state index is 0.0487. The second-order valence-electron chi connectivity index (χ2n) is 5.52. The monoisotopic (exact) mass is 357 g/mol. The van der Waals surface area contributed by atoms with Crippen LogP contribution in [0.15, 0.2) is 24.3 Å². The highest BCUT2D eigenvalue weighted by molar-refractivity contribution is 6.05. The predicted molar refractivity (Wildman–Crippen MR) is 85.9 cm³/mol. The van der Waals surface area contributed by atoms with Gasteiger partial charge in [-0.15, -0.1) is 0 Å². The van der Waals surface area contributed by atoms with Gasteiger partial charge in [0.15, 0.2) is 0 Å². The summed E-state index contributed by atoms with van der Waals surface area (Å²) in [7, 11) is 2.52. The van der Waals surface area contributed by atoms with Gasteiger partial charge >= 0.3 is 5.97 Å². The molecule has 1 amide bonds. The summed E-state index contributed by atoms with van der Waals surface area (Å²) in [6.45, 7) is -1.18. The molecule has 9 nitrogen and oxygen atoms in total. The molecule has 4 unspecified atom stereocenters. The SMILES string of the molecule is COC(=O)c1ccccc1C(=O)N(C)CC(O)C(O)C(O)C(O)CO. The van der Waals surface area contributed by atoms with Crippen molar-refractivity contribution in [3.63, 3.8) is 0 Å². The number of amides is 1. The first-order valence-electron chi connectivity index (χ1n) is 7.50. The molecule has 0 saturated heterocycles. The lowest BCUT2D eigenvalue weighted by atomic mass is 10.0. The minimum Gasteiger partial charge on any atom is -0.465 e. The molecule has 9 heteroatoms. The van der Waals surface area contributed by atoms with Gasteiger partial charge in [0.2, 0.25) is 0 Å². The molecule has 0 fully saturated rings. The van der Waals surface area contributed by atoms with E-state index in [9.17, 15) is 30.0 Å². The molecule has 0 aliphatic carbocycles. The van der Waals surface area contributed by atoms with Crippen molar-refractivity contribution in [1.29, 1.82) is 0 Å². The van der Waals surface area contributed by atoms with Crippen LogP contribution in [0.5, 0.6) is 0 Å². The van der Waals surface area contributed by atoms with E-state index in [1.54, 1.807) is 12.1 Å². The Bertz CT molecular complexity index is 593. The van der Waals surface area contributed by atoms with Crippen LogP contribution in [0.25, 0.3) is 0 Å². The number of benzene rings is 1. The Labute approximate surface area is 144 Å². The third-order valence-corrected chi connectivity index (χ3v) is 3.70. The fraction of sp³-hybridized carbons (Fsp3) is 0.500. The highest BCUT2D eigenvalue weighted by Gasteiger charge is 2.32. The van der Waals surface area contributed by atoms with Crippen molar-refractivity contribution in [3.05, 3.63) is 35.4 Å².